The van der Waals surface area contributed by atoms with E-state index in [0.717, 1.165) is 12.1 Å². The number of benzene rings is 2. The second-order valence-electron chi connectivity index (χ2n) is 6.88. The van der Waals surface area contributed by atoms with Crippen LogP contribution < -0.4 is 0 Å². The van der Waals surface area contributed by atoms with Gasteiger partial charge in [0.05, 0.1) is 17.1 Å². The van der Waals surface area contributed by atoms with E-state index in [4.69, 9.17) is 4.84 Å². The van der Waals surface area contributed by atoms with Crippen molar-refractivity contribution in [2.24, 2.45) is 5.16 Å². The van der Waals surface area contributed by atoms with Crippen molar-refractivity contribution in [3.8, 4) is 0 Å². The summed E-state index contributed by atoms with van der Waals surface area (Å²) in [5.74, 6) is -2.06. The molecule has 4 rings (SSSR count). The van der Waals surface area contributed by atoms with Gasteiger partial charge in [0, 0.05) is 30.2 Å². The third kappa shape index (κ3) is 4.54. The predicted octanol–water partition coefficient (Wildman–Crippen LogP) is 5.00. The van der Waals surface area contributed by atoms with Crippen LogP contribution in [-0.2, 0) is 11.4 Å². The molecule has 1 aliphatic heterocycles. The fourth-order valence-corrected chi connectivity index (χ4v) is 3.93. The van der Waals surface area contributed by atoms with Gasteiger partial charge in [0.2, 0.25) is 0 Å². The average Bonchev–Trinajstić information content (AvgIpc) is 3.41. The number of amides is 1. The van der Waals surface area contributed by atoms with Gasteiger partial charge in [-0.1, -0.05) is 29.4 Å². The Hall–Kier alpha value is -3.13. The molecule has 0 saturated carbocycles. The molecule has 0 N–H and O–H groups in total. The first kappa shape index (κ1) is 20.2. The van der Waals surface area contributed by atoms with Gasteiger partial charge in [0.1, 0.15) is 17.5 Å². The quantitative estimate of drug-likeness (QED) is 0.552. The first-order valence-corrected chi connectivity index (χ1v) is 10.1. The van der Waals surface area contributed by atoms with Crippen molar-refractivity contribution >= 4 is 23.0 Å². The Balaban J connectivity index is 1.51. The normalized spacial score (nSPS) is 15.6. The fourth-order valence-electron chi connectivity index (χ4n) is 3.24. The van der Waals surface area contributed by atoms with E-state index in [0.29, 0.717) is 22.6 Å². The van der Waals surface area contributed by atoms with Gasteiger partial charge in [-0.3, -0.25) is 4.79 Å². The second kappa shape index (κ2) is 8.71. The third-order valence-electron chi connectivity index (χ3n) is 4.71. The van der Waals surface area contributed by atoms with E-state index in [9.17, 15) is 18.0 Å². The molecule has 0 fully saturated rings. The summed E-state index contributed by atoms with van der Waals surface area (Å²) in [4.78, 5) is 20.4. The smallest absolute Gasteiger partial charge is 0.264 e. The van der Waals surface area contributed by atoms with Crippen molar-refractivity contribution in [1.29, 1.82) is 0 Å². The zero-order valence-electron chi connectivity index (χ0n) is 15.7. The minimum atomic E-state index is -0.719. The number of carbonyl (C=O) groups excluding carboxylic acids is 1. The molecule has 0 bridgehead atoms. The second-order valence-corrected chi connectivity index (χ2v) is 7.83. The van der Waals surface area contributed by atoms with E-state index in [1.54, 1.807) is 29.6 Å². The molecule has 30 heavy (non-hydrogen) atoms. The maximum atomic E-state index is 14.2. The van der Waals surface area contributed by atoms with Gasteiger partial charge < -0.3 is 9.74 Å². The summed E-state index contributed by atoms with van der Waals surface area (Å²) >= 11 is 1.28. The molecule has 1 amide bonds. The Labute approximate surface area is 175 Å². The molecule has 8 heteroatoms. The maximum Gasteiger partial charge on any atom is 0.264 e. The van der Waals surface area contributed by atoms with E-state index < -0.39 is 17.7 Å². The molecule has 0 radical (unpaired) electrons. The molecule has 1 atom stereocenters. The highest BCUT2D eigenvalue weighted by Crippen LogP contribution is 2.22. The summed E-state index contributed by atoms with van der Waals surface area (Å²) in [6.45, 7) is 0.105. The van der Waals surface area contributed by atoms with E-state index >= 15 is 0 Å². The van der Waals surface area contributed by atoms with Crippen molar-refractivity contribution in [3.63, 3.8) is 0 Å². The van der Waals surface area contributed by atoms with Crippen LogP contribution >= 0.6 is 11.3 Å². The summed E-state index contributed by atoms with van der Waals surface area (Å²) < 4.78 is 40.9. The molecule has 2 aromatic carbocycles. The number of carbonyl (C=O) groups is 1. The Morgan fingerprint density at radius 3 is 2.67 bits per heavy atom. The van der Waals surface area contributed by atoms with Gasteiger partial charge in [0.25, 0.3) is 5.91 Å². The van der Waals surface area contributed by atoms with Crippen LogP contribution in [0.5, 0.6) is 0 Å². The van der Waals surface area contributed by atoms with E-state index in [2.05, 4.69) is 5.16 Å². The summed E-state index contributed by atoms with van der Waals surface area (Å²) in [6.07, 6.45) is -0.0838. The minimum Gasteiger partial charge on any atom is -0.390 e. The van der Waals surface area contributed by atoms with Crippen LogP contribution in [0.25, 0.3) is 0 Å². The first-order chi connectivity index (χ1) is 14.5. The van der Waals surface area contributed by atoms with Gasteiger partial charge >= 0.3 is 0 Å². The van der Waals surface area contributed by atoms with Crippen LogP contribution in [0.4, 0.5) is 13.2 Å². The summed E-state index contributed by atoms with van der Waals surface area (Å²) in [7, 11) is 0. The highest BCUT2D eigenvalue weighted by atomic mass is 32.1. The maximum absolute atomic E-state index is 14.2. The van der Waals surface area contributed by atoms with Crippen molar-refractivity contribution in [1.82, 2.24) is 4.90 Å². The van der Waals surface area contributed by atoms with Crippen LogP contribution in [0.15, 0.2) is 65.1 Å². The number of halogens is 3. The predicted molar refractivity (Wildman–Crippen MR) is 108 cm³/mol. The highest BCUT2D eigenvalue weighted by Gasteiger charge is 2.28. The Bertz CT molecular complexity index is 1090. The lowest BCUT2D eigenvalue weighted by molar-refractivity contribution is 0.0406. The molecule has 1 unspecified atom stereocenters. The fraction of sp³-hybridized carbons (Fsp3) is 0.182. The number of oxime groups is 1. The SMILES string of the molecule is O=C(c1cccs1)N(Cc1ccc(F)cc1F)CC1CC(c2cccc(F)c2)=NO1. The van der Waals surface area contributed by atoms with Gasteiger partial charge in [0.15, 0.2) is 6.10 Å². The van der Waals surface area contributed by atoms with Gasteiger partial charge in [-0.15, -0.1) is 11.3 Å². The Kier molecular flexibility index (Phi) is 5.85. The van der Waals surface area contributed by atoms with E-state index in [1.165, 1.54) is 34.4 Å². The van der Waals surface area contributed by atoms with Crippen LogP contribution in [0, 0.1) is 17.5 Å². The number of hydrogen-bond acceptors (Lipinski definition) is 4. The molecule has 1 aliphatic rings. The van der Waals surface area contributed by atoms with Crippen LogP contribution in [0.2, 0.25) is 0 Å². The molecule has 1 aromatic heterocycles. The molecule has 0 aliphatic carbocycles. The monoisotopic (exact) mass is 430 g/mol. The standard InChI is InChI=1S/C22H17F3N2O2S/c23-16-4-1-3-14(9-16)20-11-18(29-26-20)13-27(22(28)21-5-2-8-30-21)12-15-6-7-17(24)10-19(15)25/h1-10,18H,11-13H2. The Morgan fingerprint density at radius 1 is 1.10 bits per heavy atom. The van der Waals surface area contributed by atoms with Crippen molar-refractivity contribution in [3.05, 3.63) is 93.4 Å². The van der Waals surface area contributed by atoms with E-state index in [-0.39, 0.29) is 30.4 Å². The molecular weight excluding hydrogens is 413 g/mol. The summed E-state index contributed by atoms with van der Waals surface area (Å²) in [5, 5.41) is 5.81. The van der Waals surface area contributed by atoms with E-state index in [1.807, 2.05) is 0 Å². The summed E-state index contributed by atoms with van der Waals surface area (Å²) in [5.41, 5.74) is 1.39. The van der Waals surface area contributed by atoms with Gasteiger partial charge in [-0.2, -0.15) is 0 Å². The number of rotatable bonds is 6. The zero-order valence-corrected chi connectivity index (χ0v) is 16.5. The van der Waals surface area contributed by atoms with Crippen LogP contribution in [0.3, 0.4) is 0 Å². The van der Waals surface area contributed by atoms with Gasteiger partial charge in [-0.25, -0.2) is 13.2 Å². The molecule has 154 valence electrons. The first-order valence-electron chi connectivity index (χ1n) is 9.25. The van der Waals surface area contributed by atoms with Crippen LogP contribution in [-0.4, -0.2) is 29.2 Å². The Morgan fingerprint density at radius 2 is 1.93 bits per heavy atom. The van der Waals surface area contributed by atoms with Gasteiger partial charge in [-0.05, 0) is 29.6 Å². The molecule has 4 nitrogen and oxygen atoms in total. The van der Waals surface area contributed by atoms with Crippen molar-refractivity contribution in [2.75, 3.05) is 6.54 Å². The number of nitrogens with zero attached hydrogens (tertiary/aromatic N) is 2. The molecule has 0 spiro atoms. The summed E-state index contributed by atoms with van der Waals surface area (Å²) in [6, 6.07) is 12.7. The number of hydrogen-bond donors (Lipinski definition) is 0. The molecule has 3 aromatic rings. The lowest BCUT2D eigenvalue weighted by Gasteiger charge is -2.24. The van der Waals surface area contributed by atoms with Crippen molar-refractivity contribution < 1.29 is 22.8 Å². The average molecular weight is 430 g/mol. The molecule has 0 saturated heterocycles. The lowest BCUT2D eigenvalue weighted by Crippen LogP contribution is -2.37. The minimum absolute atomic E-state index is 0.0436. The largest absolute Gasteiger partial charge is 0.390 e. The lowest BCUT2D eigenvalue weighted by atomic mass is 10.0. The topological polar surface area (TPSA) is 41.9 Å². The van der Waals surface area contributed by atoms with Crippen molar-refractivity contribution in [2.45, 2.75) is 19.1 Å². The molecular formula is C22H17F3N2O2S. The third-order valence-corrected chi connectivity index (χ3v) is 5.57. The molecule has 2 heterocycles. The highest BCUT2D eigenvalue weighted by molar-refractivity contribution is 7.12. The van der Waals surface area contributed by atoms with Crippen LogP contribution in [0.1, 0.15) is 27.2 Å². The zero-order chi connectivity index (χ0) is 21.1. The number of thiophene rings is 1.